The number of rotatable bonds is 6. The number of amides is 1. The average molecular weight is 374 g/mol. The molecule has 2 heterocycles. The molecule has 1 N–H and O–H groups in total. The van der Waals surface area contributed by atoms with Gasteiger partial charge in [0.2, 0.25) is 11.7 Å². The Kier molecular flexibility index (Phi) is 5.83. The molecule has 0 radical (unpaired) electrons. The van der Waals surface area contributed by atoms with Gasteiger partial charge < -0.3 is 24.2 Å². The van der Waals surface area contributed by atoms with Gasteiger partial charge in [0.05, 0.1) is 14.2 Å². The maximum Gasteiger partial charge on any atom is 0.324 e. The van der Waals surface area contributed by atoms with E-state index in [-0.39, 0.29) is 17.9 Å². The molecule has 0 bridgehead atoms. The van der Waals surface area contributed by atoms with E-state index in [0.717, 1.165) is 18.4 Å². The van der Waals surface area contributed by atoms with Gasteiger partial charge in [-0.25, -0.2) is 0 Å². The summed E-state index contributed by atoms with van der Waals surface area (Å²) < 4.78 is 16.0. The molecule has 8 nitrogen and oxygen atoms in total. The topological polar surface area (TPSA) is 89.7 Å². The molecule has 3 rings (SSSR count). The number of methoxy groups -OCH3 is 2. The summed E-state index contributed by atoms with van der Waals surface area (Å²) in [5.41, 5.74) is 0.786. The van der Waals surface area contributed by atoms with Crippen LogP contribution >= 0.6 is 0 Å². The number of nitrogens with zero attached hydrogens (tertiary/aromatic N) is 3. The van der Waals surface area contributed by atoms with Crippen molar-refractivity contribution in [3.63, 3.8) is 0 Å². The lowest BCUT2D eigenvalue weighted by Gasteiger charge is -2.30. The highest BCUT2D eigenvalue weighted by Crippen LogP contribution is 2.32. The van der Waals surface area contributed by atoms with Crippen LogP contribution in [0.25, 0.3) is 11.4 Å². The zero-order chi connectivity index (χ0) is 19.4. The highest BCUT2D eigenvalue weighted by molar-refractivity contribution is 5.79. The van der Waals surface area contributed by atoms with Gasteiger partial charge in [0.1, 0.15) is 0 Å². The second-order valence-electron chi connectivity index (χ2n) is 6.89. The van der Waals surface area contributed by atoms with Crippen LogP contribution in [0.15, 0.2) is 22.7 Å². The lowest BCUT2D eigenvalue weighted by Crippen LogP contribution is -2.42. The number of hydrogen-bond donors (Lipinski definition) is 1. The smallest absolute Gasteiger partial charge is 0.324 e. The predicted molar refractivity (Wildman–Crippen MR) is 101 cm³/mol. The van der Waals surface area contributed by atoms with Crippen molar-refractivity contribution in [2.24, 2.45) is 5.92 Å². The standard InChI is InChI=1S/C19H26N4O4/c1-12(2)20-18(24)13-7-9-23(10-8-13)19-21-17(22-27-19)14-5-6-15(25-3)16(11-14)26-4/h5-6,11-13H,7-10H2,1-4H3,(H,20,24). The second kappa shape index (κ2) is 8.28. The molecule has 8 heteroatoms. The molecular weight excluding hydrogens is 348 g/mol. The van der Waals surface area contributed by atoms with Crippen LogP contribution in [0, 0.1) is 5.92 Å². The Morgan fingerprint density at radius 1 is 1.22 bits per heavy atom. The van der Waals surface area contributed by atoms with Crippen molar-refractivity contribution >= 4 is 11.9 Å². The Balaban J connectivity index is 1.66. The van der Waals surface area contributed by atoms with E-state index >= 15 is 0 Å². The summed E-state index contributed by atoms with van der Waals surface area (Å²) in [7, 11) is 3.18. The maximum atomic E-state index is 12.2. The van der Waals surface area contributed by atoms with Gasteiger partial charge >= 0.3 is 6.01 Å². The first-order valence-corrected chi connectivity index (χ1v) is 9.13. The van der Waals surface area contributed by atoms with Crippen LogP contribution in [0.5, 0.6) is 11.5 Å². The van der Waals surface area contributed by atoms with Gasteiger partial charge in [0.15, 0.2) is 11.5 Å². The molecule has 0 spiro atoms. The zero-order valence-electron chi connectivity index (χ0n) is 16.2. The van der Waals surface area contributed by atoms with Crippen LogP contribution in [0.4, 0.5) is 6.01 Å². The minimum Gasteiger partial charge on any atom is -0.493 e. The number of piperidine rings is 1. The summed E-state index contributed by atoms with van der Waals surface area (Å²) in [6.45, 7) is 5.37. The van der Waals surface area contributed by atoms with Crippen molar-refractivity contribution in [3.05, 3.63) is 18.2 Å². The number of benzene rings is 1. The number of anilines is 1. The van der Waals surface area contributed by atoms with Crippen LogP contribution in [0.1, 0.15) is 26.7 Å². The van der Waals surface area contributed by atoms with Crippen molar-refractivity contribution in [2.45, 2.75) is 32.7 Å². The van der Waals surface area contributed by atoms with E-state index < -0.39 is 0 Å². The molecule has 0 aliphatic carbocycles. The monoisotopic (exact) mass is 374 g/mol. The van der Waals surface area contributed by atoms with Gasteiger partial charge in [-0.3, -0.25) is 4.79 Å². The number of hydrogen-bond acceptors (Lipinski definition) is 7. The van der Waals surface area contributed by atoms with Gasteiger partial charge in [-0.2, -0.15) is 4.98 Å². The third-order valence-electron chi connectivity index (χ3n) is 4.62. The van der Waals surface area contributed by atoms with E-state index in [1.807, 2.05) is 36.9 Å². The number of ether oxygens (including phenoxy) is 2. The number of aromatic nitrogens is 2. The third kappa shape index (κ3) is 4.32. The van der Waals surface area contributed by atoms with Gasteiger partial charge in [0, 0.05) is 30.6 Å². The van der Waals surface area contributed by atoms with Crippen molar-refractivity contribution in [1.29, 1.82) is 0 Å². The Bertz CT molecular complexity index is 782. The van der Waals surface area contributed by atoms with Crippen molar-refractivity contribution < 1.29 is 18.8 Å². The third-order valence-corrected chi connectivity index (χ3v) is 4.62. The van der Waals surface area contributed by atoms with Crippen LogP contribution in [0.3, 0.4) is 0 Å². The normalized spacial score (nSPS) is 15.1. The highest BCUT2D eigenvalue weighted by atomic mass is 16.5. The predicted octanol–water partition coefficient (Wildman–Crippen LogP) is 2.49. The van der Waals surface area contributed by atoms with E-state index in [2.05, 4.69) is 15.5 Å². The molecule has 146 valence electrons. The number of nitrogens with one attached hydrogen (secondary N) is 1. The first-order valence-electron chi connectivity index (χ1n) is 9.13. The Morgan fingerprint density at radius 3 is 2.56 bits per heavy atom. The SMILES string of the molecule is COc1ccc(-c2noc(N3CCC(C(=O)NC(C)C)CC3)n2)cc1OC. The van der Waals surface area contributed by atoms with Gasteiger partial charge in [0.25, 0.3) is 0 Å². The molecule has 1 aliphatic heterocycles. The van der Waals surface area contributed by atoms with E-state index in [9.17, 15) is 4.79 Å². The molecule has 0 saturated carbocycles. The fourth-order valence-electron chi connectivity index (χ4n) is 3.17. The largest absolute Gasteiger partial charge is 0.493 e. The molecule has 0 unspecified atom stereocenters. The average Bonchev–Trinajstić information content (AvgIpc) is 3.17. The Labute approximate surface area is 158 Å². The van der Waals surface area contributed by atoms with Crippen LogP contribution in [-0.2, 0) is 4.79 Å². The minimum absolute atomic E-state index is 0.0388. The van der Waals surface area contributed by atoms with Gasteiger partial charge in [-0.05, 0) is 44.9 Å². The molecule has 1 amide bonds. The number of carbonyl (C=O) groups is 1. The molecule has 0 atom stereocenters. The summed E-state index contributed by atoms with van der Waals surface area (Å²) in [6, 6.07) is 6.12. The fraction of sp³-hybridized carbons (Fsp3) is 0.526. The highest BCUT2D eigenvalue weighted by Gasteiger charge is 2.27. The zero-order valence-corrected chi connectivity index (χ0v) is 16.2. The first-order chi connectivity index (χ1) is 13.0. The van der Waals surface area contributed by atoms with E-state index in [0.29, 0.717) is 36.4 Å². The Hall–Kier alpha value is -2.77. The summed E-state index contributed by atoms with van der Waals surface area (Å²) in [4.78, 5) is 18.7. The molecular formula is C19H26N4O4. The molecule has 2 aromatic rings. The summed E-state index contributed by atoms with van der Waals surface area (Å²) in [5.74, 6) is 1.91. The first kappa shape index (κ1) is 19.0. The molecule has 27 heavy (non-hydrogen) atoms. The lowest BCUT2D eigenvalue weighted by atomic mass is 9.96. The van der Waals surface area contributed by atoms with Crippen molar-refractivity contribution in [3.8, 4) is 22.9 Å². The Morgan fingerprint density at radius 2 is 1.93 bits per heavy atom. The van der Waals surface area contributed by atoms with Crippen LogP contribution in [0.2, 0.25) is 0 Å². The lowest BCUT2D eigenvalue weighted by molar-refractivity contribution is -0.126. The van der Waals surface area contributed by atoms with E-state index in [1.54, 1.807) is 14.2 Å². The number of carbonyl (C=O) groups excluding carboxylic acids is 1. The quantitative estimate of drug-likeness (QED) is 0.831. The van der Waals surface area contributed by atoms with E-state index in [1.165, 1.54) is 0 Å². The van der Waals surface area contributed by atoms with Gasteiger partial charge in [-0.15, -0.1) is 0 Å². The molecule has 1 aliphatic rings. The second-order valence-corrected chi connectivity index (χ2v) is 6.89. The maximum absolute atomic E-state index is 12.2. The van der Waals surface area contributed by atoms with Crippen molar-refractivity contribution in [2.75, 3.05) is 32.2 Å². The van der Waals surface area contributed by atoms with Crippen LogP contribution < -0.4 is 19.7 Å². The van der Waals surface area contributed by atoms with Gasteiger partial charge in [-0.1, -0.05) is 5.16 Å². The van der Waals surface area contributed by atoms with E-state index in [4.69, 9.17) is 14.0 Å². The summed E-state index contributed by atoms with van der Waals surface area (Å²) in [6.07, 6.45) is 1.54. The molecule has 1 aromatic heterocycles. The summed E-state index contributed by atoms with van der Waals surface area (Å²) >= 11 is 0. The van der Waals surface area contributed by atoms with Crippen molar-refractivity contribution in [1.82, 2.24) is 15.5 Å². The fourth-order valence-corrected chi connectivity index (χ4v) is 3.17. The minimum atomic E-state index is 0.0388. The molecule has 1 saturated heterocycles. The molecule has 1 fully saturated rings. The molecule has 1 aromatic carbocycles. The van der Waals surface area contributed by atoms with Crippen LogP contribution in [-0.4, -0.2) is 49.4 Å². The summed E-state index contributed by atoms with van der Waals surface area (Å²) in [5, 5.41) is 7.06.